The Bertz CT molecular complexity index is 996. The molecule has 43 heavy (non-hydrogen) atoms. The molecule has 0 radical (unpaired) electrons. The highest BCUT2D eigenvalue weighted by atomic mass is 16.8. The Labute approximate surface area is 258 Å². The minimum absolute atomic E-state index is 0.159. The number of nitrogens with one attached hydrogen (secondary N) is 2. The number of carbonyl (C=O) groups is 2. The van der Waals surface area contributed by atoms with Gasteiger partial charge in [0.15, 0.2) is 12.1 Å². The maximum atomic E-state index is 12.9. The molecule has 3 fully saturated rings. The fraction of sp³-hybridized carbons (Fsp3) is 0.765. The van der Waals surface area contributed by atoms with Gasteiger partial charge in [-0.15, -0.1) is 0 Å². The van der Waals surface area contributed by atoms with E-state index >= 15 is 0 Å². The zero-order valence-electron chi connectivity index (χ0n) is 26.9. The van der Waals surface area contributed by atoms with Gasteiger partial charge in [-0.1, -0.05) is 76.8 Å². The number of hydrogen-bond acceptors (Lipinski definition) is 6. The van der Waals surface area contributed by atoms with Crippen LogP contribution in [0.3, 0.4) is 0 Å². The average Bonchev–Trinajstić information content (AvgIpc) is 3.69. The van der Waals surface area contributed by atoms with Crippen molar-refractivity contribution in [1.82, 2.24) is 10.2 Å². The first-order valence-corrected chi connectivity index (χ1v) is 16.8. The van der Waals surface area contributed by atoms with Gasteiger partial charge in [-0.25, -0.2) is 4.79 Å². The number of carbonyl (C=O) groups excluding carboxylic acids is 2. The van der Waals surface area contributed by atoms with Crippen LogP contribution in [0.4, 0.5) is 10.5 Å². The number of hydrogen-bond donors (Lipinski definition) is 2. The molecule has 3 aliphatic rings. The number of nitrogens with zero attached hydrogens (tertiary/aromatic N) is 1. The summed E-state index contributed by atoms with van der Waals surface area (Å²) in [5, 5.41) is 5.89. The normalized spacial score (nSPS) is 25.1. The number of benzene rings is 1. The zero-order valence-corrected chi connectivity index (χ0v) is 26.9. The summed E-state index contributed by atoms with van der Waals surface area (Å²) >= 11 is 0. The number of amides is 3. The highest BCUT2D eigenvalue weighted by Crippen LogP contribution is 2.40. The molecule has 5 atom stereocenters. The van der Waals surface area contributed by atoms with Crippen LogP contribution in [0.5, 0.6) is 0 Å². The molecule has 3 aliphatic heterocycles. The van der Waals surface area contributed by atoms with E-state index in [2.05, 4.69) is 17.6 Å². The van der Waals surface area contributed by atoms with Crippen molar-refractivity contribution in [1.29, 1.82) is 0 Å². The fourth-order valence-corrected chi connectivity index (χ4v) is 6.33. The Morgan fingerprint density at radius 1 is 0.930 bits per heavy atom. The largest absolute Gasteiger partial charge is 0.350 e. The average molecular weight is 602 g/mol. The van der Waals surface area contributed by atoms with Crippen LogP contribution >= 0.6 is 0 Å². The van der Waals surface area contributed by atoms with E-state index in [-0.39, 0.29) is 30.2 Å². The molecule has 2 N–H and O–H groups in total. The van der Waals surface area contributed by atoms with Crippen LogP contribution in [-0.2, 0) is 30.2 Å². The summed E-state index contributed by atoms with van der Waals surface area (Å²) in [6.45, 7) is 10.3. The van der Waals surface area contributed by atoms with Gasteiger partial charge in [-0.2, -0.15) is 0 Å². The maximum Gasteiger partial charge on any atom is 0.319 e. The topological polar surface area (TPSA) is 98.4 Å². The number of urea groups is 1. The number of likely N-dealkylation sites (tertiary alicyclic amines) is 1. The van der Waals surface area contributed by atoms with Crippen LogP contribution in [0.2, 0.25) is 0 Å². The highest BCUT2D eigenvalue weighted by Gasteiger charge is 2.57. The van der Waals surface area contributed by atoms with Gasteiger partial charge in [0.1, 0.15) is 18.3 Å². The first-order chi connectivity index (χ1) is 20.8. The van der Waals surface area contributed by atoms with Gasteiger partial charge < -0.3 is 34.5 Å². The molecule has 1 aromatic rings. The van der Waals surface area contributed by atoms with Crippen LogP contribution in [0.15, 0.2) is 24.3 Å². The second-order valence-corrected chi connectivity index (χ2v) is 12.9. The lowest BCUT2D eigenvalue weighted by atomic mass is 10.1. The summed E-state index contributed by atoms with van der Waals surface area (Å²) < 4.78 is 24.8. The predicted molar refractivity (Wildman–Crippen MR) is 168 cm³/mol. The van der Waals surface area contributed by atoms with Crippen LogP contribution in [0.25, 0.3) is 0 Å². The Hall–Kier alpha value is -2.20. The van der Waals surface area contributed by atoms with Crippen LogP contribution < -0.4 is 10.6 Å². The lowest BCUT2D eigenvalue weighted by Crippen LogP contribution is -2.48. The molecular formula is C34H55N3O6. The SMILES string of the molecule is CCCCCCCCCCCCO[C@H]1O[C@H]([C@H](C)NC(=O)Nc2ccc(CC(=O)N3CCCC3)cc2)[C@@H]2OC(C)(C)O[C@H]12. The number of rotatable bonds is 17. The van der Waals surface area contributed by atoms with Crippen molar-refractivity contribution in [2.75, 3.05) is 25.0 Å². The predicted octanol–water partition coefficient (Wildman–Crippen LogP) is 6.54. The van der Waals surface area contributed by atoms with Crippen LogP contribution in [0.1, 0.15) is 110 Å². The molecule has 0 spiro atoms. The molecule has 242 valence electrons. The maximum absolute atomic E-state index is 12.9. The zero-order chi connectivity index (χ0) is 30.7. The molecule has 0 unspecified atom stereocenters. The summed E-state index contributed by atoms with van der Waals surface area (Å²) in [7, 11) is 0. The van der Waals surface area contributed by atoms with E-state index in [1.807, 2.05) is 49.9 Å². The van der Waals surface area contributed by atoms with Crippen LogP contribution in [-0.4, -0.2) is 73.0 Å². The smallest absolute Gasteiger partial charge is 0.319 e. The standard InChI is InChI=1S/C34H55N3O6/c1-5-6-7-8-9-10-11-12-13-16-23-40-32-31-30(42-34(3,4)43-31)29(41-32)25(2)35-33(39)36-27-19-17-26(18-20-27)24-28(38)37-21-14-15-22-37/h17-20,25,29-32H,5-16,21-24H2,1-4H3,(H2,35,36,39)/t25-,29+,30-,31-,32-/m0/s1. The summed E-state index contributed by atoms with van der Waals surface area (Å²) in [5.74, 6) is -0.581. The minimum atomic E-state index is -0.740. The monoisotopic (exact) mass is 601 g/mol. The van der Waals surface area contributed by atoms with Gasteiger partial charge in [0.25, 0.3) is 0 Å². The van der Waals surface area contributed by atoms with E-state index in [4.69, 9.17) is 18.9 Å². The molecule has 0 saturated carbocycles. The van der Waals surface area contributed by atoms with Crippen molar-refractivity contribution in [3.63, 3.8) is 0 Å². The molecule has 3 heterocycles. The Kier molecular flexibility index (Phi) is 13.1. The highest BCUT2D eigenvalue weighted by molar-refractivity contribution is 5.89. The van der Waals surface area contributed by atoms with Gasteiger partial charge in [0.05, 0.1) is 12.5 Å². The van der Waals surface area contributed by atoms with Gasteiger partial charge in [-0.05, 0) is 57.7 Å². The molecule has 0 aliphatic carbocycles. The Morgan fingerprint density at radius 2 is 1.53 bits per heavy atom. The molecule has 1 aromatic carbocycles. The Morgan fingerprint density at radius 3 is 2.19 bits per heavy atom. The number of unbranched alkanes of at least 4 members (excludes halogenated alkanes) is 9. The van der Waals surface area contributed by atoms with Crippen molar-refractivity contribution in [2.45, 2.75) is 148 Å². The molecule has 0 aromatic heterocycles. The van der Waals surface area contributed by atoms with Crippen molar-refractivity contribution in [3.8, 4) is 0 Å². The number of fused-ring (bicyclic) bond motifs is 1. The molecule has 4 rings (SSSR count). The molecule has 9 heteroatoms. The van der Waals surface area contributed by atoms with E-state index in [9.17, 15) is 9.59 Å². The van der Waals surface area contributed by atoms with Crippen LogP contribution in [0, 0.1) is 0 Å². The van der Waals surface area contributed by atoms with Crippen molar-refractivity contribution >= 4 is 17.6 Å². The lowest BCUT2D eigenvalue weighted by molar-refractivity contribution is -0.235. The van der Waals surface area contributed by atoms with E-state index in [1.54, 1.807) is 0 Å². The fourth-order valence-electron chi connectivity index (χ4n) is 6.33. The summed E-state index contributed by atoms with van der Waals surface area (Å²) in [4.78, 5) is 27.2. The second-order valence-electron chi connectivity index (χ2n) is 12.9. The lowest BCUT2D eigenvalue weighted by Gasteiger charge is -2.27. The van der Waals surface area contributed by atoms with Gasteiger partial charge in [-0.3, -0.25) is 4.79 Å². The first-order valence-electron chi connectivity index (χ1n) is 16.8. The third kappa shape index (κ3) is 10.4. The summed E-state index contributed by atoms with van der Waals surface area (Å²) in [6.07, 6.45) is 13.7. The van der Waals surface area contributed by atoms with Gasteiger partial charge in [0.2, 0.25) is 5.91 Å². The first kappa shape index (κ1) is 33.7. The van der Waals surface area contributed by atoms with Crippen molar-refractivity contribution in [3.05, 3.63) is 29.8 Å². The summed E-state index contributed by atoms with van der Waals surface area (Å²) in [6, 6.07) is 6.76. The number of ether oxygens (including phenoxy) is 4. The minimum Gasteiger partial charge on any atom is -0.350 e. The van der Waals surface area contributed by atoms with E-state index in [1.165, 1.54) is 51.4 Å². The molecule has 9 nitrogen and oxygen atoms in total. The molecule has 3 amide bonds. The number of anilines is 1. The van der Waals surface area contributed by atoms with E-state index in [0.717, 1.165) is 44.3 Å². The second kappa shape index (κ2) is 16.8. The molecule has 3 saturated heterocycles. The van der Waals surface area contributed by atoms with E-state index < -0.39 is 18.2 Å². The third-order valence-electron chi connectivity index (χ3n) is 8.70. The van der Waals surface area contributed by atoms with Crippen molar-refractivity contribution < 1.29 is 28.5 Å². The summed E-state index contributed by atoms with van der Waals surface area (Å²) in [5.41, 5.74) is 1.60. The van der Waals surface area contributed by atoms with Gasteiger partial charge >= 0.3 is 6.03 Å². The Balaban J connectivity index is 1.18. The van der Waals surface area contributed by atoms with Gasteiger partial charge in [0, 0.05) is 25.4 Å². The quantitative estimate of drug-likeness (QED) is 0.197. The molecular weight excluding hydrogens is 546 g/mol. The third-order valence-corrected chi connectivity index (χ3v) is 8.70. The van der Waals surface area contributed by atoms with Crippen molar-refractivity contribution in [2.24, 2.45) is 0 Å². The molecule has 0 bridgehead atoms. The van der Waals surface area contributed by atoms with E-state index in [0.29, 0.717) is 18.7 Å².